The molecular formula is C16H12N4O2S. The van der Waals surface area contributed by atoms with Gasteiger partial charge in [-0.2, -0.15) is 4.68 Å². The van der Waals surface area contributed by atoms with Crippen LogP contribution in [-0.2, 0) is 11.3 Å². The Morgan fingerprint density at radius 3 is 2.74 bits per heavy atom. The first-order valence-electron chi connectivity index (χ1n) is 7.07. The monoisotopic (exact) mass is 324 g/mol. The fourth-order valence-electron chi connectivity index (χ4n) is 2.71. The van der Waals surface area contributed by atoms with Crippen molar-refractivity contribution in [1.29, 1.82) is 0 Å². The van der Waals surface area contributed by atoms with E-state index in [0.29, 0.717) is 22.0 Å². The van der Waals surface area contributed by atoms with Crippen LogP contribution in [-0.4, -0.2) is 26.8 Å². The predicted octanol–water partition coefficient (Wildman–Crippen LogP) is 2.56. The van der Waals surface area contributed by atoms with Gasteiger partial charge in [-0.15, -0.1) is 16.4 Å². The molecule has 7 heteroatoms. The number of fused-ring (bicyclic) bond motifs is 2. The Morgan fingerprint density at radius 1 is 1.22 bits per heavy atom. The molecule has 0 bridgehead atoms. The highest BCUT2D eigenvalue weighted by Gasteiger charge is 2.31. The van der Waals surface area contributed by atoms with Crippen LogP contribution >= 0.6 is 11.3 Å². The molecule has 6 nitrogen and oxygen atoms in total. The number of hydrogen-bond acceptors (Lipinski definition) is 5. The second-order valence-electron chi connectivity index (χ2n) is 5.21. The lowest BCUT2D eigenvalue weighted by atomic mass is 10.1. The third-order valence-electron chi connectivity index (χ3n) is 3.82. The summed E-state index contributed by atoms with van der Waals surface area (Å²) in [6, 6.07) is 11.3. The van der Waals surface area contributed by atoms with E-state index in [2.05, 4.69) is 10.3 Å². The number of amides is 1. The third-order valence-corrected chi connectivity index (χ3v) is 4.71. The molecule has 4 rings (SSSR count). The molecule has 0 atom stereocenters. The molecule has 0 unspecified atom stereocenters. The maximum absolute atomic E-state index is 12.7. The number of benzene rings is 1. The zero-order valence-corrected chi connectivity index (χ0v) is 13.1. The molecule has 0 aliphatic carbocycles. The maximum atomic E-state index is 12.7. The minimum absolute atomic E-state index is 0.119. The van der Waals surface area contributed by atoms with E-state index >= 15 is 0 Å². The van der Waals surface area contributed by atoms with E-state index in [1.165, 1.54) is 22.9 Å². The van der Waals surface area contributed by atoms with E-state index in [9.17, 15) is 9.59 Å². The van der Waals surface area contributed by atoms with Crippen LogP contribution in [0.25, 0.3) is 11.3 Å². The Balaban J connectivity index is 1.92. The Bertz CT molecular complexity index is 913. The summed E-state index contributed by atoms with van der Waals surface area (Å²) in [4.78, 5) is 26.9. The smallest absolute Gasteiger partial charge is 0.292 e. The molecule has 2 aromatic heterocycles. The molecule has 1 amide bonds. The summed E-state index contributed by atoms with van der Waals surface area (Å²) in [5.74, 6) is -0.366. The van der Waals surface area contributed by atoms with Crippen molar-refractivity contribution >= 4 is 28.8 Å². The zero-order chi connectivity index (χ0) is 16.0. The van der Waals surface area contributed by atoms with Crippen molar-refractivity contribution in [1.82, 2.24) is 15.0 Å². The molecule has 1 aliphatic rings. The first-order valence-corrected chi connectivity index (χ1v) is 7.95. The van der Waals surface area contributed by atoms with E-state index in [1.54, 1.807) is 16.3 Å². The van der Waals surface area contributed by atoms with Crippen LogP contribution in [0.4, 0.5) is 5.69 Å². The van der Waals surface area contributed by atoms with Crippen molar-refractivity contribution in [3.05, 3.63) is 52.3 Å². The maximum Gasteiger partial charge on any atom is 0.292 e. The largest absolute Gasteiger partial charge is 0.305 e. The molecule has 3 aromatic rings. The van der Waals surface area contributed by atoms with E-state index in [-0.39, 0.29) is 18.4 Å². The van der Waals surface area contributed by atoms with Crippen molar-refractivity contribution in [3.8, 4) is 11.3 Å². The lowest BCUT2D eigenvalue weighted by molar-refractivity contribution is -0.116. The molecule has 3 heterocycles. The second-order valence-corrected chi connectivity index (χ2v) is 6.12. The van der Waals surface area contributed by atoms with Crippen molar-refractivity contribution < 1.29 is 9.59 Å². The molecular weight excluding hydrogens is 312 g/mol. The zero-order valence-electron chi connectivity index (χ0n) is 12.3. The average molecular weight is 324 g/mol. The number of rotatable bonds is 1. The summed E-state index contributed by atoms with van der Waals surface area (Å²) in [6.45, 7) is 1.76. The number of aromatic nitrogens is 3. The Kier molecular flexibility index (Phi) is 3.09. The Hall–Kier alpha value is -2.80. The van der Waals surface area contributed by atoms with E-state index < -0.39 is 0 Å². The standard InChI is InChI=1S/C16H12N4O2S/c1-10(21)19-9-13-14(11-5-3-2-4-6-11)17-18-20(13)16(22)15-12(19)7-8-23-15/h2-8H,9H2,1H3. The van der Waals surface area contributed by atoms with Gasteiger partial charge in [-0.25, -0.2) is 0 Å². The summed E-state index contributed by atoms with van der Waals surface area (Å²) in [7, 11) is 0. The fraction of sp³-hybridized carbons (Fsp3) is 0.125. The third kappa shape index (κ3) is 2.08. The SMILES string of the molecule is CC(=O)N1Cc2c(-c3ccccc3)nnn2C(=O)c2sccc21. The Morgan fingerprint density at radius 2 is 2.00 bits per heavy atom. The molecule has 1 aliphatic heterocycles. The molecule has 0 radical (unpaired) electrons. The van der Waals surface area contributed by atoms with Crippen molar-refractivity contribution in [2.24, 2.45) is 0 Å². The van der Waals surface area contributed by atoms with Gasteiger partial charge in [-0.3, -0.25) is 9.59 Å². The average Bonchev–Trinajstić information content (AvgIpc) is 3.17. The van der Waals surface area contributed by atoms with Gasteiger partial charge in [0.1, 0.15) is 10.6 Å². The van der Waals surface area contributed by atoms with Gasteiger partial charge in [0.2, 0.25) is 5.91 Å². The summed E-state index contributed by atoms with van der Waals surface area (Å²) in [5.41, 5.74) is 2.76. The molecule has 114 valence electrons. The van der Waals surface area contributed by atoms with Gasteiger partial charge in [0.15, 0.2) is 0 Å². The van der Waals surface area contributed by atoms with Crippen molar-refractivity contribution in [3.63, 3.8) is 0 Å². The number of anilines is 1. The van der Waals surface area contributed by atoms with Crippen LogP contribution in [0.3, 0.4) is 0 Å². The molecule has 23 heavy (non-hydrogen) atoms. The Labute approximate surface area is 136 Å². The van der Waals surface area contributed by atoms with Gasteiger partial charge in [-0.1, -0.05) is 35.5 Å². The van der Waals surface area contributed by atoms with E-state index in [4.69, 9.17) is 0 Å². The molecule has 0 spiro atoms. The minimum Gasteiger partial charge on any atom is -0.305 e. The number of carbonyl (C=O) groups excluding carboxylic acids is 2. The quantitative estimate of drug-likeness (QED) is 0.690. The lowest BCUT2D eigenvalue weighted by Crippen LogP contribution is -2.27. The highest BCUT2D eigenvalue weighted by atomic mass is 32.1. The van der Waals surface area contributed by atoms with Crippen LogP contribution in [0.1, 0.15) is 22.3 Å². The van der Waals surface area contributed by atoms with Crippen molar-refractivity contribution in [2.45, 2.75) is 13.5 Å². The van der Waals surface area contributed by atoms with Crippen LogP contribution in [0.2, 0.25) is 0 Å². The summed E-state index contributed by atoms with van der Waals surface area (Å²) < 4.78 is 1.31. The highest BCUT2D eigenvalue weighted by molar-refractivity contribution is 7.12. The highest BCUT2D eigenvalue weighted by Crippen LogP contribution is 2.34. The van der Waals surface area contributed by atoms with Gasteiger partial charge >= 0.3 is 0 Å². The normalized spacial score (nSPS) is 13.4. The summed E-state index contributed by atoms with van der Waals surface area (Å²) in [6.07, 6.45) is 0. The van der Waals surface area contributed by atoms with Crippen LogP contribution < -0.4 is 4.90 Å². The van der Waals surface area contributed by atoms with Crippen LogP contribution in [0, 0.1) is 0 Å². The molecule has 0 saturated carbocycles. The molecule has 1 aromatic carbocycles. The number of nitrogens with zero attached hydrogens (tertiary/aromatic N) is 4. The summed E-state index contributed by atoms with van der Waals surface area (Å²) >= 11 is 1.30. The predicted molar refractivity (Wildman–Crippen MR) is 86.4 cm³/mol. The van der Waals surface area contributed by atoms with Gasteiger partial charge in [0, 0.05) is 12.5 Å². The van der Waals surface area contributed by atoms with Crippen LogP contribution in [0.5, 0.6) is 0 Å². The molecule has 0 fully saturated rings. The minimum atomic E-state index is -0.247. The topological polar surface area (TPSA) is 68.1 Å². The molecule has 0 N–H and O–H groups in total. The van der Waals surface area contributed by atoms with E-state index in [0.717, 1.165) is 5.56 Å². The van der Waals surface area contributed by atoms with Gasteiger partial charge < -0.3 is 4.90 Å². The lowest BCUT2D eigenvalue weighted by Gasteiger charge is -2.18. The second kappa shape index (κ2) is 5.13. The number of carbonyl (C=O) groups is 2. The fourth-order valence-corrected chi connectivity index (χ4v) is 3.53. The number of thiophene rings is 1. The van der Waals surface area contributed by atoms with Crippen molar-refractivity contribution in [2.75, 3.05) is 4.90 Å². The first-order chi connectivity index (χ1) is 11.2. The van der Waals surface area contributed by atoms with E-state index in [1.807, 2.05) is 30.3 Å². The van der Waals surface area contributed by atoms with Crippen LogP contribution in [0.15, 0.2) is 41.8 Å². The summed E-state index contributed by atoms with van der Waals surface area (Å²) in [5, 5.41) is 10.0. The molecule has 0 saturated heterocycles. The first kappa shape index (κ1) is 13.8. The van der Waals surface area contributed by atoms with Gasteiger partial charge in [0.25, 0.3) is 5.91 Å². The van der Waals surface area contributed by atoms with Gasteiger partial charge in [0.05, 0.1) is 17.9 Å². The van der Waals surface area contributed by atoms with Gasteiger partial charge in [-0.05, 0) is 11.4 Å². The number of hydrogen-bond donors (Lipinski definition) is 0.